The highest BCUT2D eigenvalue weighted by atomic mass is 35.5. The van der Waals surface area contributed by atoms with E-state index in [-0.39, 0.29) is 23.7 Å². The fraction of sp³-hybridized carbons (Fsp3) is 0.375. The minimum atomic E-state index is -4.86. The van der Waals surface area contributed by atoms with Gasteiger partial charge in [-0.15, -0.1) is 13.2 Å². The van der Waals surface area contributed by atoms with Crippen LogP contribution in [0.3, 0.4) is 0 Å². The number of methoxy groups -OCH3 is 1. The lowest BCUT2D eigenvalue weighted by molar-refractivity contribution is -0.274. The van der Waals surface area contributed by atoms with Crippen molar-refractivity contribution in [1.29, 1.82) is 0 Å². The predicted octanol–water partition coefficient (Wildman–Crippen LogP) is 6.99. The predicted molar refractivity (Wildman–Crippen MR) is 162 cm³/mol. The van der Waals surface area contributed by atoms with Crippen molar-refractivity contribution < 1.29 is 37.4 Å². The number of carbonyl (C=O) groups is 1. The molecular formula is C32H33ClF3N3O5. The third-order valence-corrected chi connectivity index (χ3v) is 7.84. The number of oxime groups is 1. The molecule has 1 atom stereocenters. The van der Waals surface area contributed by atoms with Gasteiger partial charge in [-0.05, 0) is 75.1 Å². The molecule has 1 fully saturated rings. The molecule has 2 N–H and O–H groups in total. The number of fused-ring (bicyclic) bond motifs is 2. The summed E-state index contributed by atoms with van der Waals surface area (Å²) in [5, 5.41) is 17.8. The molecule has 0 radical (unpaired) electrons. The Bertz CT molecular complexity index is 1570. The molecule has 1 spiro atoms. The number of benzene rings is 3. The lowest BCUT2D eigenvalue weighted by atomic mass is 9.99. The van der Waals surface area contributed by atoms with E-state index in [0.29, 0.717) is 45.5 Å². The Morgan fingerprint density at radius 1 is 1.09 bits per heavy atom. The molecule has 3 aromatic carbocycles. The number of alkyl halides is 3. The van der Waals surface area contributed by atoms with Crippen LogP contribution >= 0.6 is 11.6 Å². The minimum absolute atomic E-state index is 0.0128. The second-order valence-corrected chi connectivity index (χ2v) is 12.2. The average molecular weight is 632 g/mol. The van der Waals surface area contributed by atoms with Crippen molar-refractivity contribution in [2.45, 2.75) is 57.0 Å². The van der Waals surface area contributed by atoms with Gasteiger partial charge >= 0.3 is 6.36 Å². The van der Waals surface area contributed by atoms with E-state index in [0.717, 1.165) is 18.4 Å². The maximum Gasteiger partial charge on any atom is 0.573 e. The standard InChI is InChI=1S/C32H33ClF3N3O5/c1-19(38-43-18-30(2,3)41)21-13-23(15-25(14-21)42-4)37-28(20-5-7-22(33)8-6-20)29(40)39-17-31(11-12-31)26-10-9-24(16-27(26)39)44-32(34,35)36/h5-10,13-16,28,37,41H,11-12,17-18H2,1-4H3/b38-19+. The van der Waals surface area contributed by atoms with Crippen LogP contribution < -0.4 is 19.7 Å². The van der Waals surface area contributed by atoms with Crippen LogP contribution in [0.4, 0.5) is 24.5 Å². The summed E-state index contributed by atoms with van der Waals surface area (Å²) in [6, 6.07) is 15.3. The zero-order chi connectivity index (χ0) is 31.9. The number of anilines is 2. The second kappa shape index (κ2) is 11.9. The first-order valence-corrected chi connectivity index (χ1v) is 14.4. The molecule has 44 heavy (non-hydrogen) atoms. The van der Waals surface area contributed by atoms with Crippen molar-refractivity contribution in [2.24, 2.45) is 5.16 Å². The summed E-state index contributed by atoms with van der Waals surface area (Å²) in [7, 11) is 1.51. The van der Waals surface area contributed by atoms with Gasteiger partial charge in [0, 0.05) is 40.4 Å². The maximum atomic E-state index is 14.4. The van der Waals surface area contributed by atoms with Gasteiger partial charge in [0.1, 0.15) is 24.1 Å². The van der Waals surface area contributed by atoms with Crippen LogP contribution in [0, 0.1) is 0 Å². The summed E-state index contributed by atoms with van der Waals surface area (Å²) in [5.74, 6) is -0.256. The van der Waals surface area contributed by atoms with Crippen LogP contribution in [0.15, 0.2) is 65.8 Å². The third kappa shape index (κ3) is 7.22. The minimum Gasteiger partial charge on any atom is -0.497 e. The summed E-state index contributed by atoms with van der Waals surface area (Å²) in [6.07, 6.45) is -3.21. The zero-order valence-corrected chi connectivity index (χ0v) is 25.4. The molecule has 1 saturated carbocycles. The van der Waals surface area contributed by atoms with Crippen molar-refractivity contribution in [3.8, 4) is 11.5 Å². The van der Waals surface area contributed by atoms with E-state index in [9.17, 15) is 23.1 Å². The Morgan fingerprint density at radius 3 is 2.41 bits per heavy atom. The average Bonchev–Trinajstić information content (AvgIpc) is 3.66. The van der Waals surface area contributed by atoms with Crippen LogP contribution in [0.5, 0.6) is 11.5 Å². The van der Waals surface area contributed by atoms with Gasteiger partial charge in [-0.3, -0.25) is 4.79 Å². The van der Waals surface area contributed by atoms with Crippen LogP contribution in [-0.2, 0) is 15.0 Å². The number of hydrogen-bond acceptors (Lipinski definition) is 7. The monoisotopic (exact) mass is 631 g/mol. The van der Waals surface area contributed by atoms with E-state index >= 15 is 0 Å². The molecule has 5 rings (SSSR count). The van der Waals surface area contributed by atoms with E-state index in [1.54, 1.807) is 69.3 Å². The Morgan fingerprint density at radius 2 is 1.80 bits per heavy atom. The molecule has 3 aromatic rings. The third-order valence-electron chi connectivity index (χ3n) is 7.59. The molecule has 0 saturated heterocycles. The lowest BCUT2D eigenvalue weighted by Gasteiger charge is -2.27. The SMILES string of the molecule is COc1cc(NC(C(=O)N2CC3(CC3)c3ccc(OC(F)(F)F)cc32)c2ccc(Cl)cc2)cc(/C(C)=N/OCC(C)(C)O)c1. The highest BCUT2D eigenvalue weighted by molar-refractivity contribution is 6.30. The van der Waals surface area contributed by atoms with Gasteiger partial charge in [0.15, 0.2) is 0 Å². The first-order valence-electron chi connectivity index (χ1n) is 14.0. The Balaban J connectivity index is 1.50. The van der Waals surface area contributed by atoms with Crippen molar-refractivity contribution in [2.75, 3.05) is 30.5 Å². The van der Waals surface area contributed by atoms with Gasteiger partial charge in [0.05, 0.1) is 24.1 Å². The molecular weight excluding hydrogens is 599 g/mol. The topological polar surface area (TPSA) is 92.6 Å². The number of nitrogens with one attached hydrogen (secondary N) is 1. The Kier molecular flexibility index (Phi) is 8.48. The van der Waals surface area contributed by atoms with Gasteiger partial charge in [0.2, 0.25) is 0 Å². The fourth-order valence-corrected chi connectivity index (χ4v) is 5.37. The molecule has 0 bridgehead atoms. The van der Waals surface area contributed by atoms with Gasteiger partial charge in [-0.2, -0.15) is 0 Å². The van der Waals surface area contributed by atoms with Crippen molar-refractivity contribution in [3.05, 3.63) is 82.4 Å². The van der Waals surface area contributed by atoms with E-state index < -0.39 is 18.0 Å². The normalized spacial score (nSPS) is 16.4. The highest BCUT2D eigenvalue weighted by Crippen LogP contribution is 2.57. The number of halogens is 4. The van der Waals surface area contributed by atoms with Crippen molar-refractivity contribution >= 4 is 34.6 Å². The molecule has 1 heterocycles. The Hall–Kier alpha value is -3.96. The summed E-state index contributed by atoms with van der Waals surface area (Å²) in [5.41, 5.74) is 2.15. The summed E-state index contributed by atoms with van der Waals surface area (Å²) in [6.45, 7) is 5.28. The molecule has 8 nitrogen and oxygen atoms in total. The second-order valence-electron chi connectivity index (χ2n) is 11.8. The van der Waals surface area contributed by atoms with Gasteiger partial charge < -0.3 is 29.6 Å². The molecule has 1 unspecified atom stereocenters. The fourth-order valence-electron chi connectivity index (χ4n) is 5.24. The number of hydrogen-bond donors (Lipinski definition) is 2. The molecule has 1 aliphatic carbocycles. The van der Waals surface area contributed by atoms with Gasteiger partial charge in [-0.25, -0.2) is 0 Å². The first kappa shape index (κ1) is 31.5. The number of aliphatic hydroxyl groups is 1. The summed E-state index contributed by atoms with van der Waals surface area (Å²) >= 11 is 6.15. The van der Waals surface area contributed by atoms with Crippen LogP contribution in [0.2, 0.25) is 5.02 Å². The number of carbonyl (C=O) groups excluding carboxylic acids is 1. The first-order chi connectivity index (χ1) is 20.7. The Labute approximate surface area is 258 Å². The largest absolute Gasteiger partial charge is 0.573 e. The lowest BCUT2D eigenvalue weighted by Crippen LogP contribution is -2.38. The molecule has 0 aromatic heterocycles. The van der Waals surface area contributed by atoms with Crippen molar-refractivity contribution in [1.82, 2.24) is 0 Å². The molecule has 2 aliphatic rings. The molecule has 1 aliphatic heterocycles. The van der Waals surface area contributed by atoms with E-state index in [1.165, 1.54) is 24.1 Å². The number of nitrogens with zero attached hydrogens (tertiary/aromatic N) is 2. The van der Waals surface area contributed by atoms with E-state index in [2.05, 4.69) is 15.2 Å². The van der Waals surface area contributed by atoms with E-state index in [4.69, 9.17) is 21.2 Å². The number of ether oxygens (including phenoxy) is 2. The van der Waals surface area contributed by atoms with Crippen LogP contribution in [0.25, 0.3) is 0 Å². The molecule has 1 amide bonds. The molecule has 12 heteroatoms. The van der Waals surface area contributed by atoms with Gasteiger partial charge in [0.25, 0.3) is 5.91 Å². The summed E-state index contributed by atoms with van der Waals surface area (Å²) < 4.78 is 48.8. The summed E-state index contributed by atoms with van der Waals surface area (Å²) in [4.78, 5) is 21.2. The van der Waals surface area contributed by atoms with Crippen molar-refractivity contribution in [3.63, 3.8) is 0 Å². The number of rotatable bonds is 10. The smallest absolute Gasteiger partial charge is 0.497 e. The quantitative estimate of drug-likeness (QED) is 0.185. The van der Waals surface area contributed by atoms with Gasteiger partial charge in [-0.1, -0.05) is 35.0 Å². The van der Waals surface area contributed by atoms with Crippen LogP contribution in [0.1, 0.15) is 56.3 Å². The van der Waals surface area contributed by atoms with E-state index in [1.807, 2.05) is 0 Å². The zero-order valence-electron chi connectivity index (χ0n) is 24.7. The highest BCUT2D eigenvalue weighted by Gasteiger charge is 2.54. The number of amides is 1. The maximum absolute atomic E-state index is 14.4. The molecule has 234 valence electrons. The van der Waals surface area contributed by atoms with Crippen LogP contribution in [-0.4, -0.2) is 49.0 Å².